The van der Waals surface area contributed by atoms with Crippen molar-refractivity contribution < 1.29 is 18.5 Å². The van der Waals surface area contributed by atoms with E-state index in [2.05, 4.69) is 15.5 Å². The number of aromatic nitrogens is 2. The summed E-state index contributed by atoms with van der Waals surface area (Å²) in [4.78, 5) is 33.2. The van der Waals surface area contributed by atoms with Crippen LogP contribution in [0, 0.1) is 13.8 Å². The summed E-state index contributed by atoms with van der Waals surface area (Å²) in [7, 11) is 0. The fourth-order valence-electron chi connectivity index (χ4n) is 3.61. The molecule has 0 saturated carbocycles. The highest BCUT2D eigenvalue weighted by Gasteiger charge is 2.27. The number of hydrogen-bond acceptors (Lipinski definition) is 6. The molecule has 3 aromatic rings. The molecule has 168 valence electrons. The molecule has 3 heterocycles. The summed E-state index contributed by atoms with van der Waals surface area (Å²) in [6, 6.07) is 8.84. The average Bonchev–Trinajstić information content (AvgIpc) is 3.40. The van der Waals surface area contributed by atoms with Gasteiger partial charge in [-0.3, -0.25) is 4.79 Å². The quantitative estimate of drug-likeness (QED) is 0.660. The number of furan rings is 1. The molecule has 0 aliphatic carbocycles. The van der Waals surface area contributed by atoms with E-state index in [0.29, 0.717) is 60.7 Å². The topological polar surface area (TPSA) is 105 Å². The van der Waals surface area contributed by atoms with Crippen LogP contribution >= 0.6 is 0 Å². The van der Waals surface area contributed by atoms with Crippen LogP contribution in [0.2, 0.25) is 0 Å². The minimum absolute atomic E-state index is 0.0587. The number of nitrogens with one attached hydrogen (secondary N) is 1. The van der Waals surface area contributed by atoms with E-state index in [9.17, 15) is 9.59 Å². The van der Waals surface area contributed by atoms with Gasteiger partial charge in [-0.2, -0.15) is 4.98 Å². The highest BCUT2D eigenvalue weighted by atomic mass is 16.5. The van der Waals surface area contributed by atoms with Crippen molar-refractivity contribution in [3.05, 3.63) is 53.2 Å². The lowest BCUT2D eigenvalue weighted by Crippen LogP contribution is -2.51. The van der Waals surface area contributed by atoms with Gasteiger partial charge in [-0.25, -0.2) is 4.79 Å². The zero-order valence-corrected chi connectivity index (χ0v) is 18.7. The van der Waals surface area contributed by atoms with Crippen LogP contribution in [0.5, 0.6) is 0 Å². The number of carbonyl (C=O) groups is 2. The Morgan fingerprint density at radius 3 is 2.25 bits per heavy atom. The van der Waals surface area contributed by atoms with Crippen LogP contribution < -0.4 is 5.32 Å². The first kappa shape index (κ1) is 21.6. The number of anilines is 1. The lowest BCUT2D eigenvalue weighted by molar-refractivity contribution is 0.0670. The van der Waals surface area contributed by atoms with Gasteiger partial charge in [-0.15, -0.1) is 0 Å². The number of benzene rings is 1. The smallest absolute Gasteiger partial charge is 0.321 e. The van der Waals surface area contributed by atoms with Crippen molar-refractivity contribution >= 4 is 17.6 Å². The van der Waals surface area contributed by atoms with Crippen LogP contribution in [0.4, 0.5) is 10.5 Å². The third-order valence-corrected chi connectivity index (χ3v) is 5.47. The van der Waals surface area contributed by atoms with E-state index in [-0.39, 0.29) is 17.9 Å². The molecule has 1 aliphatic rings. The van der Waals surface area contributed by atoms with Crippen molar-refractivity contribution in [3.63, 3.8) is 0 Å². The molecule has 1 aliphatic heterocycles. The average molecular weight is 438 g/mol. The number of aryl methyl sites for hydroxylation is 2. The molecule has 1 saturated heterocycles. The van der Waals surface area contributed by atoms with Gasteiger partial charge in [0, 0.05) is 43.3 Å². The molecule has 1 N–H and O–H groups in total. The first-order chi connectivity index (χ1) is 15.3. The van der Waals surface area contributed by atoms with E-state index in [1.807, 2.05) is 32.9 Å². The molecule has 3 amide bonds. The third-order valence-electron chi connectivity index (χ3n) is 5.47. The summed E-state index contributed by atoms with van der Waals surface area (Å²) < 4.78 is 10.8. The Bertz CT molecular complexity index is 1110. The SMILES string of the molecule is Cc1cc(C(=O)N2CCN(C(=O)Nc3ccc(-c4nc(C(C)C)no4)cc3)CC2)c(C)o1. The number of nitrogens with zero attached hydrogens (tertiary/aromatic N) is 4. The van der Waals surface area contributed by atoms with E-state index >= 15 is 0 Å². The van der Waals surface area contributed by atoms with Crippen LogP contribution in [0.25, 0.3) is 11.5 Å². The Kier molecular flexibility index (Phi) is 5.98. The lowest BCUT2D eigenvalue weighted by atomic mass is 10.2. The fraction of sp³-hybridized carbons (Fsp3) is 0.391. The molecule has 0 atom stereocenters. The van der Waals surface area contributed by atoms with Crippen molar-refractivity contribution in [1.29, 1.82) is 0 Å². The number of hydrogen-bond donors (Lipinski definition) is 1. The Morgan fingerprint density at radius 1 is 1.03 bits per heavy atom. The zero-order chi connectivity index (χ0) is 22.8. The summed E-state index contributed by atoms with van der Waals surface area (Å²) in [6.07, 6.45) is 0. The molecule has 9 nitrogen and oxygen atoms in total. The van der Waals surface area contributed by atoms with Gasteiger partial charge in [-0.05, 0) is 44.2 Å². The van der Waals surface area contributed by atoms with Crippen LogP contribution in [0.1, 0.15) is 47.5 Å². The molecule has 0 unspecified atom stereocenters. The predicted molar refractivity (Wildman–Crippen MR) is 119 cm³/mol. The van der Waals surface area contributed by atoms with Crippen LogP contribution in [0.15, 0.2) is 39.3 Å². The van der Waals surface area contributed by atoms with E-state index < -0.39 is 0 Å². The van der Waals surface area contributed by atoms with E-state index in [0.717, 1.165) is 5.56 Å². The molecule has 1 aromatic carbocycles. The van der Waals surface area contributed by atoms with Gasteiger partial charge in [0.15, 0.2) is 5.82 Å². The molecule has 32 heavy (non-hydrogen) atoms. The minimum Gasteiger partial charge on any atom is -0.466 e. The van der Waals surface area contributed by atoms with Gasteiger partial charge in [0.05, 0.1) is 5.56 Å². The maximum Gasteiger partial charge on any atom is 0.321 e. The normalized spacial score (nSPS) is 14.2. The van der Waals surface area contributed by atoms with Crippen LogP contribution in [0.3, 0.4) is 0 Å². The second-order valence-corrected chi connectivity index (χ2v) is 8.23. The number of rotatable bonds is 4. The van der Waals surface area contributed by atoms with Crippen molar-refractivity contribution in [3.8, 4) is 11.5 Å². The first-order valence-corrected chi connectivity index (χ1v) is 10.7. The molecule has 1 fully saturated rings. The van der Waals surface area contributed by atoms with Gasteiger partial charge >= 0.3 is 6.03 Å². The van der Waals surface area contributed by atoms with Gasteiger partial charge in [-0.1, -0.05) is 19.0 Å². The summed E-state index contributed by atoms with van der Waals surface area (Å²) >= 11 is 0. The van der Waals surface area contributed by atoms with Gasteiger partial charge < -0.3 is 24.1 Å². The Hall–Kier alpha value is -3.62. The maximum absolute atomic E-state index is 12.7. The summed E-state index contributed by atoms with van der Waals surface area (Å²) in [5, 5.41) is 6.88. The van der Waals surface area contributed by atoms with Crippen molar-refractivity contribution in [2.24, 2.45) is 0 Å². The lowest BCUT2D eigenvalue weighted by Gasteiger charge is -2.34. The largest absolute Gasteiger partial charge is 0.466 e. The molecule has 9 heteroatoms. The van der Waals surface area contributed by atoms with Gasteiger partial charge in [0.1, 0.15) is 11.5 Å². The monoisotopic (exact) mass is 437 g/mol. The van der Waals surface area contributed by atoms with E-state index in [1.165, 1.54) is 0 Å². The van der Waals surface area contributed by atoms with Crippen molar-refractivity contribution in [2.75, 3.05) is 31.5 Å². The zero-order valence-electron chi connectivity index (χ0n) is 18.7. The number of piperazine rings is 1. The Balaban J connectivity index is 1.32. The number of urea groups is 1. The summed E-state index contributed by atoms with van der Waals surface area (Å²) in [6.45, 7) is 9.50. The summed E-state index contributed by atoms with van der Waals surface area (Å²) in [5.41, 5.74) is 2.05. The van der Waals surface area contributed by atoms with Crippen molar-refractivity contribution in [2.45, 2.75) is 33.6 Å². The highest BCUT2D eigenvalue weighted by molar-refractivity contribution is 5.95. The second kappa shape index (κ2) is 8.86. The third kappa shape index (κ3) is 4.51. The maximum atomic E-state index is 12.7. The Morgan fingerprint density at radius 2 is 1.69 bits per heavy atom. The predicted octanol–water partition coefficient (Wildman–Crippen LogP) is 4.06. The molecule has 0 spiro atoms. The van der Waals surface area contributed by atoms with Crippen molar-refractivity contribution in [1.82, 2.24) is 19.9 Å². The second-order valence-electron chi connectivity index (χ2n) is 8.23. The molecule has 2 aromatic heterocycles. The standard InChI is InChI=1S/C23H27N5O4/c1-14(2)20-25-21(32-26-20)17-5-7-18(8-6-17)24-23(30)28-11-9-27(10-12-28)22(29)19-13-15(3)31-16(19)4/h5-8,13-14H,9-12H2,1-4H3,(H,24,30). The molecule has 4 rings (SSSR count). The fourth-order valence-corrected chi connectivity index (χ4v) is 3.61. The van der Waals surface area contributed by atoms with E-state index in [4.69, 9.17) is 8.94 Å². The molecular formula is C23H27N5O4. The van der Waals surface area contributed by atoms with E-state index in [1.54, 1.807) is 34.9 Å². The summed E-state index contributed by atoms with van der Waals surface area (Å²) in [5.74, 6) is 2.58. The van der Waals surface area contributed by atoms with Crippen LogP contribution in [-0.4, -0.2) is 58.1 Å². The van der Waals surface area contributed by atoms with Crippen LogP contribution in [-0.2, 0) is 0 Å². The first-order valence-electron chi connectivity index (χ1n) is 10.7. The van der Waals surface area contributed by atoms with Gasteiger partial charge in [0.25, 0.3) is 11.8 Å². The Labute approximate surface area is 186 Å². The molecule has 0 bridgehead atoms. The van der Waals surface area contributed by atoms with Gasteiger partial charge in [0.2, 0.25) is 0 Å². The molecular weight excluding hydrogens is 410 g/mol. The minimum atomic E-state index is -0.194. The number of amides is 3. The number of carbonyl (C=O) groups excluding carboxylic acids is 2. The molecule has 0 radical (unpaired) electrons. The highest BCUT2D eigenvalue weighted by Crippen LogP contribution is 2.22.